The van der Waals surface area contributed by atoms with Gasteiger partial charge in [0.1, 0.15) is 0 Å². The number of carbonyl (C=O) groups is 1. The number of carbonyl (C=O) groups excluding carboxylic acids is 1. The number of aromatic nitrogens is 2. The summed E-state index contributed by atoms with van der Waals surface area (Å²) < 4.78 is 1.82. The second-order valence-corrected chi connectivity index (χ2v) is 8.88. The Hall–Kier alpha value is -1.32. The summed E-state index contributed by atoms with van der Waals surface area (Å²) in [6.45, 7) is 6.17. The van der Waals surface area contributed by atoms with Crippen LogP contribution >= 0.6 is 0 Å². The topological polar surface area (TPSA) is 46.9 Å². The lowest BCUT2D eigenvalue weighted by Gasteiger charge is -2.59. The smallest absolute Gasteiger partial charge is 0.255 e. The van der Waals surface area contributed by atoms with E-state index in [4.69, 9.17) is 0 Å². The Labute approximate surface area is 145 Å². The van der Waals surface area contributed by atoms with E-state index in [1.54, 1.807) is 0 Å². The van der Waals surface area contributed by atoms with Crippen molar-refractivity contribution in [2.45, 2.75) is 71.8 Å². The standard InChI is InChI=1S/C20H31N3O/c1-5-17(21-19(24)18-12(2)22-23(4)13(18)3)20-9-14-6-15(10-20)8-16(7-14)11-20/h14-17H,5-11H2,1-4H3,(H,21,24)/t14?,15?,16?,17-,20?/m0/s1. The second-order valence-electron chi connectivity index (χ2n) is 8.88. The van der Waals surface area contributed by atoms with E-state index >= 15 is 0 Å². The summed E-state index contributed by atoms with van der Waals surface area (Å²) in [4.78, 5) is 13.0. The van der Waals surface area contributed by atoms with Crippen molar-refractivity contribution in [2.75, 3.05) is 0 Å². The molecule has 4 fully saturated rings. The molecule has 0 aliphatic heterocycles. The van der Waals surface area contributed by atoms with E-state index in [0.717, 1.165) is 41.1 Å². The molecule has 0 saturated heterocycles. The van der Waals surface area contributed by atoms with Crippen LogP contribution in [-0.4, -0.2) is 21.7 Å². The van der Waals surface area contributed by atoms with Crippen molar-refractivity contribution in [1.29, 1.82) is 0 Å². The quantitative estimate of drug-likeness (QED) is 0.914. The summed E-state index contributed by atoms with van der Waals surface area (Å²) in [6, 6.07) is 0.317. The summed E-state index contributed by atoms with van der Waals surface area (Å²) in [5.74, 6) is 2.85. The SMILES string of the molecule is CC[C@H](NC(=O)c1c(C)nn(C)c1C)C12CC3CC(CC(C3)C1)C2. The minimum Gasteiger partial charge on any atom is -0.349 e. The average molecular weight is 329 g/mol. The average Bonchev–Trinajstić information content (AvgIpc) is 2.76. The monoisotopic (exact) mass is 329 g/mol. The minimum absolute atomic E-state index is 0.0840. The van der Waals surface area contributed by atoms with Crippen molar-refractivity contribution in [3.63, 3.8) is 0 Å². The molecular weight excluding hydrogens is 298 g/mol. The molecule has 0 aromatic carbocycles. The molecule has 4 aliphatic carbocycles. The van der Waals surface area contributed by atoms with Crippen molar-refractivity contribution in [3.05, 3.63) is 17.0 Å². The van der Waals surface area contributed by atoms with Crippen LogP contribution in [0.4, 0.5) is 0 Å². The van der Waals surface area contributed by atoms with Gasteiger partial charge in [-0.25, -0.2) is 0 Å². The highest BCUT2D eigenvalue weighted by Crippen LogP contribution is 2.61. The van der Waals surface area contributed by atoms with Crippen LogP contribution in [0.5, 0.6) is 0 Å². The molecule has 1 N–H and O–H groups in total. The van der Waals surface area contributed by atoms with Crippen molar-refractivity contribution in [2.24, 2.45) is 30.2 Å². The van der Waals surface area contributed by atoms with Gasteiger partial charge in [-0.2, -0.15) is 5.10 Å². The van der Waals surface area contributed by atoms with Gasteiger partial charge in [0.25, 0.3) is 5.91 Å². The lowest BCUT2D eigenvalue weighted by Crippen LogP contribution is -2.56. The number of nitrogens with one attached hydrogen (secondary N) is 1. The molecule has 4 saturated carbocycles. The molecule has 1 heterocycles. The van der Waals surface area contributed by atoms with E-state index in [1.165, 1.54) is 38.5 Å². The molecule has 24 heavy (non-hydrogen) atoms. The Balaban J connectivity index is 1.57. The van der Waals surface area contributed by atoms with Crippen LogP contribution in [0.3, 0.4) is 0 Å². The van der Waals surface area contributed by atoms with Crippen molar-refractivity contribution >= 4 is 5.91 Å². The lowest BCUT2D eigenvalue weighted by atomic mass is 9.47. The molecule has 0 unspecified atom stereocenters. The van der Waals surface area contributed by atoms with Gasteiger partial charge in [0.15, 0.2) is 0 Å². The fraction of sp³-hybridized carbons (Fsp3) is 0.800. The Morgan fingerprint density at radius 3 is 2.17 bits per heavy atom. The summed E-state index contributed by atoms with van der Waals surface area (Å²) in [5.41, 5.74) is 2.95. The molecule has 1 aromatic rings. The summed E-state index contributed by atoms with van der Waals surface area (Å²) in [5, 5.41) is 7.86. The molecule has 1 aromatic heterocycles. The third kappa shape index (κ3) is 2.41. The molecule has 4 aliphatic rings. The number of nitrogens with zero attached hydrogens (tertiary/aromatic N) is 2. The first-order chi connectivity index (χ1) is 11.4. The van der Waals surface area contributed by atoms with Crippen LogP contribution in [0.1, 0.15) is 73.6 Å². The van der Waals surface area contributed by atoms with Crippen molar-refractivity contribution < 1.29 is 4.79 Å². The molecule has 1 atom stereocenters. The predicted octanol–water partition coefficient (Wildman–Crippen LogP) is 3.76. The maximum atomic E-state index is 13.0. The normalized spacial score (nSPS) is 35.2. The minimum atomic E-state index is 0.0840. The highest BCUT2D eigenvalue weighted by molar-refractivity contribution is 5.96. The zero-order valence-electron chi connectivity index (χ0n) is 15.6. The lowest BCUT2D eigenvalue weighted by molar-refractivity contribution is -0.0727. The maximum Gasteiger partial charge on any atom is 0.255 e. The molecule has 0 radical (unpaired) electrons. The second kappa shape index (κ2) is 5.60. The van der Waals surface area contributed by atoms with Crippen LogP contribution in [0.15, 0.2) is 0 Å². The Morgan fingerprint density at radius 2 is 1.75 bits per heavy atom. The summed E-state index contributed by atoms with van der Waals surface area (Å²) in [7, 11) is 1.91. The van der Waals surface area contributed by atoms with Crippen molar-refractivity contribution in [1.82, 2.24) is 15.1 Å². The molecule has 132 valence electrons. The number of amides is 1. The van der Waals surface area contributed by atoms with Gasteiger partial charge in [0, 0.05) is 18.8 Å². The van der Waals surface area contributed by atoms with E-state index in [0.29, 0.717) is 11.5 Å². The number of aryl methyl sites for hydroxylation is 2. The maximum absolute atomic E-state index is 13.0. The number of hydrogen-bond acceptors (Lipinski definition) is 2. The van der Waals surface area contributed by atoms with E-state index in [-0.39, 0.29) is 5.91 Å². The fourth-order valence-corrected chi connectivity index (χ4v) is 6.63. The van der Waals surface area contributed by atoms with Gasteiger partial charge in [-0.1, -0.05) is 6.92 Å². The predicted molar refractivity (Wildman–Crippen MR) is 94.8 cm³/mol. The first-order valence-electron chi connectivity index (χ1n) is 9.73. The number of hydrogen-bond donors (Lipinski definition) is 1. The third-order valence-electron chi connectivity index (χ3n) is 7.27. The van der Waals surface area contributed by atoms with Crippen LogP contribution < -0.4 is 5.32 Å². The molecule has 4 bridgehead atoms. The largest absolute Gasteiger partial charge is 0.349 e. The van der Waals surface area contributed by atoms with E-state index < -0.39 is 0 Å². The molecule has 0 spiro atoms. The molecule has 4 heteroatoms. The van der Waals surface area contributed by atoms with Gasteiger partial charge < -0.3 is 5.32 Å². The zero-order valence-corrected chi connectivity index (χ0v) is 15.6. The zero-order chi connectivity index (χ0) is 17.1. The van der Waals surface area contributed by atoms with Crippen LogP contribution in [0.25, 0.3) is 0 Å². The molecule has 4 nitrogen and oxygen atoms in total. The number of rotatable bonds is 4. The van der Waals surface area contributed by atoms with Crippen molar-refractivity contribution in [3.8, 4) is 0 Å². The third-order valence-corrected chi connectivity index (χ3v) is 7.27. The molecule has 5 rings (SSSR count). The highest BCUT2D eigenvalue weighted by atomic mass is 16.1. The van der Waals surface area contributed by atoms with E-state index in [1.807, 2.05) is 25.6 Å². The van der Waals surface area contributed by atoms with E-state index in [2.05, 4.69) is 17.3 Å². The fourth-order valence-electron chi connectivity index (χ4n) is 6.63. The Morgan fingerprint density at radius 1 is 1.21 bits per heavy atom. The van der Waals surface area contributed by atoms with Gasteiger partial charge >= 0.3 is 0 Å². The molecular formula is C20H31N3O. The first kappa shape index (κ1) is 16.2. The van der Waals surface area contributed by atoms with Gasteiger partial charge in [-0.05, 0) is 82.0 Å². The molecule has 1 amide bonds. The van der Waals surface area contributed by atoms with Crippen LogP contribution in [0.2, 0.25) is 0 Å². The van der Waals surface area contributed by atoms with Gasteiger partial charge in [-0.3, -0.25) is 9.48 Å². The van der Waals surface area contributed by atoms with Gasteiger partial charge in [0.2, 0.25) is 0 Å². The Kier molecular flexibility index (Phi) is 3.77. The van der Waals surface area contributed by atoms with Crippen LogP contribution in [0, 0.1) is 37.0 Å². The summed E-state index contributed by atoms with van der Waals surface area (Å²) in [6.07, 6.45) is 9.39. The highest BCUT2D eigenvalue weighted by Gasteiger charge is 2.54. The van der Waals surface area contributed by atoms with Gasteiger partial charge in [-0.15, -0.1) is 0 Å². The van der Waals surface area contributed by atoms with Gasteiger partial charge in [0.05, 0.1) is 11.3 Å². The Bertz CT molecular complexity index is 625. The van der Waals surface area contributed by atoms with E-state index in [9.17, 15) is 4.79 Å². The summed E-state index contributed by atoms with van der Waals surface area (Å²) >= 11 is 0. The van der Waals surface area contributed by atoms with Crippen LogP contribution in [-0.2, 0) is 7.05 Å². The first-order valence-corrected chi connectivity index (χ1v) is 9.73.